The molecule has 2 rings (SSSR count). The fraction of sp³-hybridized carbons (Fsp3) is 0.500. The van der Waals surface area contributed by atoms with Gasteiger partial charge in [-0.15, -0.1) is 0 Å². The molecule has 0 saturated carbocycles. The van der Waals surface area contributed by atoms with Gasteiger partial charge < -0.3 is 19.7 Å². The number of hydrogen-bond donors (Lipinski definition) is 1. The molecule has 1 aliphatic heterocycles. The van der Waals surface area contributed by atoms with Crippen LogP contribution in [0.1, 0.15) is 13.8 Å². The highest BCUT2D eigenvalue weighted by molar-refractivity contribution is 6.02. The van der Waals surface area contributed by atoms with Gasteiger partial charge in [-0.05, 0) is 13.8 Å². The molecule has 5 nitrogen and oxygen atoms in total. The van der Waals surface area contributed by atoms with Crippen molar-refractivity contribution >= 4 is 17.3 Å². The second-order valence-corrected chi connectivity index (χ2v) is 4.48. The third-order valence-corrected chi connectivity index (χ3v) is 3.10. The summed E-state index contributed by atoms with van der Waals surface area (Å²) in [5.74, 6) is -2.21. The average Bonchev–Trinajstić information content (AvgIpc) is 2.44. The summed E-state index contributed by atoms with van der Waals surface area (Å²) in [4.78, 5) is 13.4. The molecule has 21 heavy (non-hydrogen) atoms. The number of amides is 1. The fourth-order valence-electron chi connectivity index (χ4n) is 2.18. The predicted molar refractivity (Wildman–Crippen MR) is 74.2 cm³/mol. The first-order valence-electron chi connectivity index (χ1n) is 6.83. The Morgan fingerprint density at radius 1 is 1.24 bits per heavy atom. The molecule has 116 valence electrons. The number of fused-ring (bicyclic) bond motifs is 1. The lowest BCUT2D eigenvalue weighted by Crippen LogP contribution is -2.45. The SMILES string of the molecule is CCOC(CN1C(=O)CNc2cc(F)c(F)cc21)OCC. The highest BCUT2D eigenvalue weighted by Crippen LogP contribution is 2.32. The largest absolute Gasteiger partial charge is 0.374 e. The summed E-state index contributed by atoms with van der Waals surface area (Å²) in [6.45, 7) is 4.62. The third-order valence-electron chi connectivity index (χ3n) is 3.10. The van der Waals surface area contributed by atoms with Crippen LogP contribution in [0.3, 0.4) is 0 Å². The number of hydrogen-bond acceptors (Lipinski definition) is 4. The molecule has 0 fully saturated rings. The molecule has 1 aliphatic rings. The van der Waals surface area contributed by atoms with E-state index in [4.69, 9.17) is 9.47 Å². The van der Waals surface area contributed by atoms with Gasteiger partial charge in [-0.2, -0.15) is 0 Å². The lowest BCUT2D eigenvalue weighted by Gasteiger charge is -2.32. The van der Waals surface area contributed by atoms with Crippen LogP contribution >= 0.6 is 0 Å². The highest BCUT2D eigenvalue weighted by atomic mass is 19.2. The van der Waals surface area contributed by atoms with E-state index in [9.17, 15) is 13.6 Å². The molecule has 1 aromatic rings. The monoisotopic (exact) mass is 300 g/mol. The Kier molecular flexibility index (Phi) is 5.08. The topological polar surface area (TPSA) is 50.8 Å². The normalized spacial score (nSPS) is 14.3. The van der Waals surface area contributed by atoms with Gasteiger partial charge in [-0.25, -0.2) is 8.78 Å². The van der Waals surface area contributed by atoms with Gasteiger partial charge in [-0.3, -0.25) is 4.79 Å². The molecular weight excluding hydrogens is 282 g/mol. The van der Waals surface area contributed by atoms with Crippen molar-refractivity contribution in [3.63, 3.8) is 0 Å². The van der Waals surface area contributed by atoms with Crippen molar-refractivity contribution in [1.82, 2.24) is 0 Å². The van der Waals surface area contributed by atoms with Crippen LogP contribution < -0.4 is 10.2 Å². The highest BCUT2D eigenvalue weighted by Gasteiger charge is 2.28. The van der Waals surface area contributed by atoms with Gasteiger partial charge in [0.2, 0.25) is 5.91 Å². The Morgan fingerprint density at radius 2 is 1.86 bits per heavy atom. The number of nitrogens with zero attached hydrogens (tertiary/aromatic N) is 1. The van der Waals surface area contributed by atoms with Crippen molar-refractivity contribution < 1.29 is 23.0 Å². The zero-order chi connectivity index (χ0) is 15.4. The van der Waals surface area contributed by atoms with Crippen molar-refractivity contribution in [2.75, 3.05) is 36.5 Å². The minimum Gasteiger partial charge on any atom is -0.374 e. The van der Waals surface area contributed by atoms with E-state index >= 15 is 0 Å². The van der Waals surface area contributed by atoms with Gasteiger partial charge in [0.1, 0.15) is 0 Å². The molecule has 0 bridgehead atoms. The minimum atomic E-state index is -1.00. The van der Waals surface area contributed by atoms with Crippen molar-refractivity contribution in [3.05, 3.63) is 23.8 Å². The zero-order valence-corrected chi connectivity index (χ0v) is 12.0. The van der Waals surface area contributed by atoms with E-state index in [1.807, 2.05) is 13.8 Å². The number of ether oxygens (including phenoxy) is 2. The Balaban J connectivity index is 2.27. The molecule has 0 atom stereocenters. The van der Waals surface area contributed by atoms with E-state index in [1.54, 1.807) is 0 Å². The van der Waals surface area contributed by atoms with E-state index in [1.165, 1.54) is 4.90 Å². The maximum absolute atomic E-state index is 13.4. The molecule has 0 saturated heterocycles. The summed E-state index contributed by atoms with van der Waals surface area (Å²) in [5.41, 5.74) is 0.662. The second-order valence-electron chi connectivity index (χ2n) is 4.48. The first kappa shape index (κ1) is 15.7. The quantitative estimate of drug-likeness (QED) is 0.818. The summed E-state index contributed by atoms with van der Waals surface area (Å²) in [6, 6.07) is 2.05. The lowest BCUT2D eigenvalue weighted by atomic mass is 10.1. The van der Waals surface area contributed by atoms with Gasteiger partial charge in [-0.1, -0.05) is 0 Å². The molecule has 1 aromatic carbocycles. The maximum Gasteiger partial charge on any atom is 0.246 e. The molecule has 1 N–H and O–H groups in total. The average molecular weight is 300 g/mol. The summed E-state index contributed by atoms with van der Waals surface area (Å²) in [7, 11) is 0. The van der Waals surface area contributed by atoms with Gasteiger partial charge in [0.15, 0.2) is 17.9 Å². The Bertz CT molecular complexity index is 519. The number of halogens is 2. The van der Waals surface area contributed by atoms with Crippen LogP contribution in [0.25, 0.3) is 0 Å². The molecular formula is C14H18F2N2O3. The van der Waals surface area contributed by atoms with Crippen LogP contribution in [0.2, 0.25) is 0 Å². The molecule has 0 aliphatic carbocycles. The smallest absolute Gasteiger partial charge is 0.246 e. The number of benzene rings is 1. The van der Waals surface area contributed by atoms with E-state index in [-0.39, 0.29) is 24.7 Å². The first-order chi connectivity index (χ1) is 10.1. The summed E-state index contributed by atoms with van der Waals surface area (Å²) < 4.78 is 37.5. The van der Waals surface area contributed by atoms with Crippen LogP contribution in [0.4, 0.5) is 20.2 Å². The van der Waals surface area contributed by atoms with Crippen LogP contribution in [-0.4, -0.2) is 38.5 Å². The van der Waals surface area contributed by atoms with Gasteiger partial charge >= 0.3 is 0 Å². The molecule has 0 unspecified atom stereocenters. The molecule has 0 radical (unpaired) electrons. The Labute approximate surface area is 121 Å². The Hall–Kier alpha value is -1.73. The maximum atomic E-state index is 13.4. The van der Waals surface area contributed by atoms with E-state index in [0.717, 1.165) is 12.1 Å². The molecule has 0 spiro atoms. The standard InChI is InChI=1S/C14H18F2N2O3/c1-3-20-14(21-4-2)8-18-12-6-10(16)9(15)5-11(12)17-7-13(18)19/h5-6,14,17H,3-4,7-8H2,1-2H3. The molecule has 7 heteroatoms. The van der Waals surface area contributed by atoms with Crippen LogP contribution in [0.5, 0.6) is 0 Å². The molecule has 1 heterocycles. The number of anilines is 2. The number of carbonyl (C=O) groups excluding carboxylic acids is 1. The molecule has 1 amide bonds. The van der Waals surface area contributed by atoms with Crippen LogP contribution in [0.15, 0.2) is 12.1 Å². The number of nitrogens with one attached hydrogen (secondary N) is 1. The Morgan fingerprint density at radius 3 is 2.48 bits per heavy atom. The van der Waals surface area contributed by atoms with E-state index in [0.29, 0.717) is 18.9 Å². The lowest BCUT2D eigenvalue weighted by molar-refractivity contribution is -0.135. The van der Waals surface area contributed by atoms with Crippen molar-refractivity contribution in [1.29, 1.82) is 0 Å². The third kappa shape index (κ3) is 3.48. The summed E-state index contributed by atoms with van der Waals surface area (Å²) >= 11 is 0. The minimum absolute atomic E-state index is 0.0169. The van der Waals surface area contributed by atoms with Gasteiger partial charge in [0.25, 0.3) is 0 Å². The fourth-order valence-corrected chi connectivity index (χ4v) is 2.18. The van der Waals surface area contributed by atoms with Crippen molar-refractivity contribution in [3.8, 4) is 0 Å². The van der Waals surface area contributed by atoms with Crippen LogP contribution in [-0.2, 0) is 14.3 Å². The summed E-state index contributed by atoms with van der Waals surface area (Å²) in [5, 5.41) is 2.77. The van der Waals surface area contributed by atoms with Crippen LogP contribution in [0, 0.1) is 11.6 Å². The van der Waals surface area contributed by atoms with E-state index in [2.05, 4.69) is 5.32 Å². The van der Waals surface area contributed by atoms with Gasteiger partial charge in [0, 0.05) is 25.3 Å². The zero-order valence-electron chi connectivity index (χ0n) is 12.0. The summed E-state index contributed by atoms with van der Waals surface area (Å²) in [6.07, 6.45) is -0.608. The van der Waals surface area contributed by atoms with Gasteiger partial charge in [0.05, 0.1) is 24.5 Å². The number of rotatable bonds is 6. The van der Waals surface area contributed by atoms with E-state index < -0.39 is 17.9 Å². The number of carbonyl (C=O) groups is 1. The molecule has 0 aromatic heterocycles. The first-order valence-corrected chi connectivity index (χ1v) is 6.83. The van der Waals surface area contributed by atoms with Crippen molar-refractivity contribution in [2.24, 2.45) is 0 Å². The second kappa shape index (κ2) is 6.82. The van der Waals surface area contributed by atoms with Crippen molar-refractivity contribution in [2.45, 2.75) is 20.1 Å². The predicted octanol–water partition coefficient (Wildman–Crippen LogP) is 2.12.